The minimum absolute atomic E-state index is 0.354. The molecule has 0 saturated carbocycles. The Labute approximate surface area is 165 Å². The Morgan fingerprint density at radius 2 is 1.96 bits per heavy atom. The molecule has 4 rings (SSSR count). The number of hydrogen-bond donors (Lipinski definition) is 2. The summed E-state index contributed by atoms with van der Waals surface area (Å²) in [4.78, 5) is 11.3. The van der Waals surface area contributed by atoms with Gasteiger partial charge in [-0.25, -0.2) is 9.97 Å². The van der Waals surface area contributed by atoms with Crippen molar-refractivity contribution < 1.29 is 4.39 Å². The zero-order valence-electron chi connectivity index (χ0n) is 14.7. The summed E-state index contributed by atoms with van der Waals surface area (Å²) < 4.78 is 14.5. The number of rotatable bonds is 5. The first-order valence-corrected chi connectivity index (χ1v) is 9.00. The number of nitrogens with one attached hydrogen (secondary N) is 2. The van der Waals surface area contributed by atoms with Gasteiger partial charge in [0.25, 0.3) is 0 Å². The van der Waals surface area contributed by atoms with Gasteiger partial charge in [0.2, 0.25) is 5.95 Å². The van der Waals surface area contributed by atoms with Gasteiger partial charge in [0, 0.05) is 41.3 Å². The van der Waals surface area contributed by atoms with E-state index in [0.29, 0.717) is 40.6 Å². The zero-order chi connectivity index (χ0) is 19.5. The van der Waals surface area contributed by atoms with E-state index >= 15 is 0 Å². The van der Waals surface area contributed by atoms with Crippen molar-refractivity contribution in [3.05, 3.63) is 88.1 Å². The highest BCUT2D eigenvalue weighted by Crippen LogP contribution is 2.22. The highest BCUT2D eigenvalue weighted by atomic mass is 35.5. The predicted octanol–water partition coefficient (Wildman–Crippen LogP) is 4.82. The van der Waals surface area contributed by atoms with Crippen LogP contribution in [0.1, 0.15) is 22.3 Å². The van der Waals surface area contributed by atoms with Gasteiger partial charge in [-0.15, -0.1) is 0 Å². The van der Waals surface area contributed by atoms with Gasteiger partial charge < -0.3 is 10.3 Å². The van der Waals surface area contributed by atoms with Crippen LogP contribution in [0.4, 0.5) is 10.2 Å². The van der Waals surface area contributed by atoms with Gasteiger partial charge >= 0.3 is 0 Å². The van der Waals surface area contributed by atoms with Gasteiger partial charge in [-0.05, 0) is 35.4 Å². The number of fused-ring (bicyclic) bond motifs is 1. The quantitative estimate of drug-likeness (QED) is 0.478. The third-order valence-corrected chi connectivity index (χ3v) is 4.69. The predicted molar refractivity (Wildman–Crippen MR) is 107 cm³/mol. The number of nitriles is 1. The standard InChI is InChI=1S/C21H15ClFN5/c22-17-4-1-13(2-5-17)10-25-19-6-3-15(20(23)28-19)8-16-12-27-21-18(16)7-14(9-24)11-26-21/h1-7,11-12H,8,10H2,(H,25,28)(H,26,27). The Bertz CT molecular complexity index is 1180. The summed E-state index contributed by atoms with van der Waals surface area (Å²) in [5.74, 6) is -0.0663. The monoisotopic (exact) mass is 391 g/mol. The summed E-state index contributed by atoms with van der Waals surface area (Å²) in [6.07, 6.45) is 3.64. The molecular formula is C21H15ClFN5. The zero-order valence-corrected chi connectivity index (χ0v) is 15.5. The first-order chi connectivity index (χ1) is 13.6. The number of anilines is 1. The number of pyridine rings is 2. The average molecular weight is 392 g/mol. The molecular weight excluding hydrogens is 377 g/mol. The van der Waals surface area contributed by atoms with Crippen LogP contribution in [0.15, 0.2) is 54.9 Å². The van der Waals surface area contributed by atoms with Gasteiger partial charge in [0.1, 0.15) is 17.5 Å². The van der Waals surface area contributed by atoms with E-state index in [9.17, 15) is 4.39 Å². The van der Waals surface area contributed by atoms with Crippen LogP contribution < -0.4 is 5.32 Å². The molecule has 0 aliphatic heterocycles. The molecule has 0 spiro atoms. The molecule has 0 amide bonds. The van der Waals surface area contributed by atoms with E-state index in [1.165, 1.54) is 6.20 Å². The van der Waals surface area contributed by atoms with E-state index in [1.54, 1.807) is 24.4 Å². The topological polar surface area (TPSA) is 77.4 Å². The minimum Gasteiger partial charge on any atom is -0.366 e. The molecule has 0 atom stereocenters. The molecule has 4 aromatic rings. The van der Waals surface area contributed by atoms with Crippen molar-refractivity contribution in [3.63, 3.8) is 0 Å². The molecule has 5 nitrogen and oxygen atoms in total. The molecule has 0 saturated heterocycles. The number of H-pyrrole nitrogens is 1. The second kappa shape index (κ2) is 7.67. The second-order valence-corrected chi connectivity index (χ2v) is 6.79. The average Bonchev–Trinajstić information content (AvgIpc) is 3.11. The number of nitrogens with zero attached hydrogens (tertiary/aromatic N) is 3. The lowest BCUT2D eigenvalue weighted by Crippen LogP contribution is -2.04. The Morgan fingerprint density at radius 1 is 1.14 bits per heavy atom. The molecule has 138 valence electrons. The first-order valence-electron chi connectivity index (χ1n) is 8.62. The van der Waals surface area contributed by atoms with Gasteiger partial charge in [-0.3, -0.25) is 0 Å². The van der Waals surface area contributed by atoms with Crippen molar-refractivity contribution in [2.75, 3.05) is 5.32 Å². The van der Waals surface area contributed by atoms with Gasteiger partial charge in [-0.2, -0.15) is 9.65 Å². The maximum Gasteiger partial charge on any atom is 0.218 e. The van der Waals surface area contributed by atoms with Gasteiger partial charge in [-0.1, -0.05) is 29.8 Å². The highest BCUT2D eigenvalue weighted by Gasteiger charge is 2.11. The number of aromatic amines is 1. The van der Waals surface area contributed by atoms with Crippen molar-refractivity contribution in [1.29, 1.82) is 5.26 Å². The molecule has 0 radical (unpaired) electrons. The van der Waals surface area contributed by atoms with E-state index in [2.05, 4.69) is 26.3 Å². The number of halogens is 2. The maximum atomic E-state index is 14.5. The largest absolute Gasteiger partial charge is 0.366 e. The van der Waals surface area contributed by atoms with E-state index in [4.69, 9.17) is 16.9 Å². The number of benzene rings is 1. The first kappa shape index (κ1) is 18.0. The van der Waals surface area contributed by atoms with Crippen molar-refractivity contribution >= 4 is 28.5 Å². The molecule has 1 aromatic carbocycles. The second-order valence-electron chi connectivity index (χ2n) is 6.35. The van der Waals surface area contributed by atoms with Crippen LogP contribution in [-0.2, 0) is 13.0 Å². The SMILES string of the molecule is N#Cc1cnc2[nH]cc(Cc3ccc(NCc4ccc(Cl)cc4)nc3F)c2c1. The minimum atomic E-state index is -0.528. The van der Waals surface area contributed by atoms with Crippen molar-refractivity contribution in [2.45, 2.75) is 13.0 Å². The molecule has 2 N–H and O–H groups in total. The van der Waals surface area contributed by atoms with Gasteiger partial charge in [0.05, 0.1) is 5.56 Å². The molecule has 3 aromatic heterocycles. The maximum absolute atomic E-state index is 14.5. The van der Waals surface area contributed by atoms with Crippen LogP contribution in [0.2, 0.25) is 5.02 Å². The lowest BCUT2D eigenvalue weighted by molar-refractivity contribution is 0.571. The molecule has 0 aliphatic rings. The molecule has 7 heteroatoms. The fraction of sp³-hybridized carbons (Fsp3) is 0.0952. The molecule has 0 aliphatic carbocycles. The summed E-state index contributed by atoms with van der Waals surface area (Å²) in [7, 11) is 0. The molecule has 0 unspecified atom stereocenters. The molecule has 0 bridgehead atoms. The van der Waals surface area contributed by atoms with Crippen molar-refractivity contribution in [1.82, 2.24) is 15.0 Å². The van der Waals surface area contributed by atoms with E-state index in [-0.39, 0.29) is 0 Å². The van der Waals surface area contributed by atoms with Crippen LogP contribution in [-0.4, -0.2) is 15.0 Å². The Morgan fingerprint density at radius 3 is 2.71 bits per heavy atom. The Balaban J connectivity index is 1.50. The van der Waals surface area contributed by atoms with Crippen molar-refractivity contribution in [2.24, 2.45) is 0 Å². The molecule has 3 heterocycles. The van der Waals surface area contributed by atoms with Gasteiger partial charge in [0.15, 0.2) is 0 Å². The summed E-state index contributed by atoms with van der Waals surface area (Å²) in [6, 6.07) is 14.7. The molecule has 28 heavy (non-hydrogen) atoms. The normalized spacial score (nSPS) is 10.8. The summed E-state index contributed by atoms with van der Waals surface area (Å²) in [5.41, 5.74) is 3.50. The number of aromatic nitrogens is 3. The lowest BCUT2D eigenvalue weighted by Gasteiger charge is -2.08. The number of hydrogen-bond acceptors (Lipinski definition) is 4. The van der Waals surface area contributed by atoms with Crippen LogP contribution in [0, 0.1) is 17.3 Å². The lowest BCUT2D eigenvalue weighted by atomic mass is 10.1. The molecule has 0 fully saturated rings. The smallest absolute Gasteiger partial charge is 0.218 e. The van der Waals surface area contributed by atoms with E-state index in [0.717, 1.165) is 16.5 Å². The Kier molecular flexibility index (Phi) is 4.92. The Hall–Kier alpha value is -3.43. The van der Waals surface area contributed by atoms with Crippen molar-refractivity contribution in [3.8, 4) is 6.07 Å². The van der Waals surface area contributed by atoms with Crippen LogP contribution >= 0.6 is 11.6 Å². The summed E-state index contributed by atoms with van der Waals surface area (Å²) in [6.45, 7) is 0.522. The summed E-state index contributed by atoms with van der Waals surface area (Å²) >= 11 is 5.87. The van der Waals surface area contributed by atoms with Crippen LogP contribution in [0.3, 0.4) is 0 Å². The third-order valence-electron chi connectivity index (χ3n) is 4.44. The van der Waals surface area contributed by atoms with E-state index in [1.807, 2.05) is 24.3 Å². The fourth-order valence-electron chi connectivity index (χ4n) is 2.96. The third kappa shape index (κ3) is 3.80. The fourth-order valence-corrected chi connectivity index (χ4v) is 3.08. The summed E-state index contributed by atoms with van der Waals surface area (Å²) in [5, 5.41) is 13.6. The van der Waals surface area contributed by atoms with Crippen LogP contribution in [0.5, 0.6) is 0 Å². The van der Waals surface area contributed by atoms with Crippen LogP contribution in [0.25, 0.3) is 11.0 Å². The highest BCUT2D eigenvalue weighted by molar-refractivity contribution is 6.30. The van der Waals surface area contributed by atoms with E-state index < -0.39 is 5.95 Å².